The molecule has 12 nitrogen and oxygen atoms in total. The highest BCUT2D eigenvalue weighted by molar-refractivity contribution is 7.98. The van der Waals surface area contributed by atoms with Crippen molar-refractivity contribution in [1.82, 2.24) is 29.9 Å². The van der Waals surface area contributed by atoms with Crippen molar-refractivity contribution in [3.8, 4) is 0 Å². The molecule has 234 valence electrons. The topological polar surface area (TPSA) is 156 Å². The maximum atomic E-state index is 6.19. The van der Waals surface area contributed by atoms with Crippen molar-refractivity contribution in [2.45, 2.75) is 17.2 Å². The van der Waals surface area contributed by atoms with Crippen molar-refractivity contribution >= 4 is 91.3 Å². The van der Waals surface area contributed by atoms with E-state index >= 15 is 0 Å². The van der Waals surface area contributed by atoms with E-state index in [1.54, 1.807) is 72.8 Å². The molecule has 0 aliphatic heterocycles. The molecule has 7 rings (SSSR count). The van der Waals surface area contributed by atoms with Crippen molar-refractivity contribution < 1.29 is 26.5 Å². The zero-order chi connectivity index (χ0) is 32.2. The fourth-order valence-electron chi connectivity index (χ4n) is 4.35. The minimum atomic E-state index is 0.270. The van der Waals surface area contributed by atoms with Gasteiger partial charge in [0.15, 0.2) is 10.3 Å². The molecule has 0 aliphatic carbocycles. The van der Waals surface area contributed by atoms with Crippen LogP contribution in [0.15, 0.2) is 128 Å². The number of benzene rings is 3. The molecule has 14 heteroatoms. The summed E-state index contributed by atoms with van der Waals surface area (Å²) < 4.78 is 36.6. The number of fused-ring (bicyclic) bond motifs is 12. The van der Waals surface area contributed by atoms with Crippen LogP contribution in [-0.2, 0) is 0 Å². The number of thioether (sulfide) groups is 2. The van der Waals surface area contributed by atoms with Crippen LogP contribution in [0.2, 0.25) is 0 Å². The van der Waals surface area contributed by atoms with Crippen LogP contribution in [0.5, 0.6) is 0 Å². The average molecular weight is 665 g/mol. The second-order valence-corrected chi connectivity index (χ2v) is 11.3. The van der Waals surface area contributed by atoms with Gasteiger partial charge in [-0.3, -0.25) is 0 Å². The summed E-state index contributed by atoms with van der Waals surface area (Å²) in [5, 5.41) is 0.930. The van der Waals surface area contributed by atoms with E-state index in [0.717, 1.165) is 5.56 Å². The third-order valence-electron chi connectivity index (χ3n) is 6.27. The molecule has 0 atom stereocenters. The summed E-state index contributed by atoms with van der Waals surface area (Å²) in [5.74, 6) is 0. The van der Waals surface area contributed by atoms with Gasteiger partial charge in [0.25, 0.3) is 0 Å². The number of hydrogen-bond donors (Lipinski definition) is 0. The molecule has 0 unspecified atom stereocenters. The highest BCUT2D eigenvalue weighted by Gasteiger charge is 2.03. The van der Waals surface area contributed by atoms with E-state index in [1.807, 2.05) is 31.6 Å². The second-order valence-electron chi connectivity index (χ2n) is 9.80. The smallest absolute Gasteiger partial charge is 0.227 e. The number of rotatable bonds is 2. The fourth-order valence-corrected chi connectivity index (χ4v) is 5.08. The van der Waals surface area contributed by atoms with Gasteiger partial charge < -0.3 is 26.5 Å². The summed E-state index contributed by atoms with van der Waals surface area (Å²) in [6, 6.07) is 24.4. The fraction of sp³-hybridized carbons (Fsp3) is 0.0909. The Hall–Kier alpha value is -5.60. The number of aromatic nitrogens is 6. The standard InChI is InChI=1S/C33H24N6O6S2/c1-19-10-24-14-25(11-19)45-31-17-29(37-33(39-31)47-3)43-23-9-5-7-21(13-23)41-27-15-26(34-18-35-27)40-20-6-4-8-22(12-20)42-28-16-30(44-24)38-32(36-28)46-2/h4-18H,1-3H3. The van der Waals surface area contributed by atoms with Crippen molar-refractivity contribution in [1.29, 1.82) is 0 Å². The van der Waals surface area contributed by atoms with E-state index in [0.29, 0.717) is 43.8 Å². The first-order valence-corrected chi connectivity index (χ1v) is 16.5. The van der Waals surface area contributed by atoms with Crippen LogP contribution in [0.25, 0.3) is 67.8 Å². The van der Waals surface area contributed by atoms with Gasteiger partial charge in [0.1, 0.15) is 39.8 Å². The van der Waals surface area contributed by atoms with E-state index in [2.05, 4.69) is 29.9 Å². The highest BCUT2D eigenvalue weighted by atomic mass is 32.2. The van der Waals surface area contributed by atoms with Crippen LogP contribution in [0, 0.1) is 6.92 Å². The van der Waals surface area contributed by atoms with Gasteiger partial charge >= 0.3 is 0 Å². The van der Waals surface area contributed by atoms with Crippen molar-refractivity contribution in [2.24, 2.45) is 0 Å². The summed E-state index contributed by atoms with van der Waals surface area (Å²) in [4.78, 5) is 26.5. The third-order valence-corrected chi connectivity index (χ3v) is 7.36. The summed E-state index contributed by atoms with van der Waals surface area (Å²) >= 11 is 2.71. The molecule has 4 aromatic heterocycles. The Labute approximate surface area is 273 Å². The zero-order valence-electron chi connectivity index (χ0n) is 25.1. The van der Waals surface area contributed by atoms with Crippen LogP contribution >= 0.6 is 23.5 Å². The van der Waals surface area contributed by atoms with Crippen LogP contribution in [0.3, 0.4) is 0 Å². The predicted octanol–water partition coefficient (Wildman–Crippen LogP) is 9.35. The number of nitrogens with zero attached hydrogens (tertiary/aromatic N) is 6. The Morgan fingerprint density at radius 3 is 1.17 bits per heavy atom. The molecule has 3 aromatic carbocycles. The average Bonchev–Trinajstić information content (AvgIpc) is 3.04. The summed E-state index contributed by atoms with van der Waals surface area (Å²) in [5.41, 5.74) is 5.51. The quantitative estimate of drug-likeness (QED) is 0.127. The highest BCUT2D eigenvalue weighted by Crippen LogP contribution is 2.20. The molecule has 47 heavy (non-hydrogen) atoms. The van der Waals surface area contributed by atoms with Gasteiger partial charge in [-0.2, -0.15) is 19.9 Å². The Bertz CT molecular complexity index is 2390. The maximum Gasteiger partial charge on any atom is 0.227 e. The van der Waals surface area contributed by atoms with E-state index in [1.165, 1.54) is 29.9 Å². The first kappa shape index (κ1) is 30.1. The SMILES string of the molecule is CSc1nc2cc(n1)oc1cc(C)cc(c1)oc1cc(nc(SC)n1)oc1cccc(c1)oc1cc(ncn1)oc1cccc(c1)o2. The molecule has 0 saturated carbocycles. The molecule has 0 fully saturated rings. The lowest BCUT2D eigenvalue weighted by Crippen LogP contribution is -1.86. The first-order chi connectivity index (χ1) is 23.0. The summed E-state index contributed by atoms with van der Waals surface area (Å²) in [7, 11) is 0. The molecular weight excluding hydrogens is 641 g/mol. The number of hydrogen-bond acceptors (Lipinski definition) is 14. The largest absolute Gasteiger partial charge is 0.439 e. The minimum Gasteiger partial charge on any atom is -0.439 e. The van der Waals surface area contributed by atoms with Crippen LogP contribution in [-0.4, -0.2) is 42.4 Å². The lowest BCUT2D eigenvalue weighted by Gasteiger charge is -1.99. The number of aryl methyl sites for hydroxylation is 1. The van der Waals surface area contributed by atoms with Gasteiger partial charge in [0.05, 0.1) is 18.2 Å². The van der Waals surface area contributed by atoms with E-state index in [-0.39, 0.29) is 34.3 Å². The van der Waals surface area contributed by atoms with Gasteiger partial charge in [-0.1, -0.05) is 35.7 Å². The molecule has 7 aromatic rings. The second kappa shape index (κ2) is 13.4. The lowest BCUT2D eigenvalue weighted by molar-refractivity contribution is 0.599. The summed E-state index contributed by atoms with van der Waals surface area (Å²) in [6.45, 7) is 1.93. The molecular formula is C33H24N6O6S2. The van der Waals surface area contributed by atoms with Gasteiger partial charge in [-0.15, -0.1) is 0 Å². The van der Waals surface area contributed by atoms with Crippen molar-refractivity contribution in [3.63, 3.8) is 0 Å². The Kier molecular flexibility index (Phi) is 8.58. The van der Waals surface area contributed by atoms with Crippen LogP contribution in [0.1, 0.15) is 5.56 Å². The molecule has 0 amide bonds. The first-order valence-electron chi connectivity index (χ1n) is 14.0. The van der Waals surface area contributed by atoms with Crippen molar-refractivity contribution in [3.05, 3.63) is 96.8 Å². The Balaban J connectivity index is 1.57. The maximum absolute atomic E-state index is 6.19. The predicted molar refractivity (Wildman–Crippen MR) is 179 cm³/mol. The molecule has 12 bridgehead atoms. The summed E-state index contributed by atoms with van der Waals surface area (Å²) in [6.07, 6.45) is 5.09. The normalized spacial score (nSPS) is 11.0. The van der Waals surface area contributed by atoms with Crippen LogP contribution < -0.4 is 0 Å². The van der Waals surface area contributed by atoms with E-state index in [9.17, 15) is 0 Å². The Morgan fingerprint density at radius 1 is 0.426 bits per heavy atom. The van der Waals surface area contributed by atoms with Gasteiger partial charge in [0, 0.05) is 18.2 Å². The van der Waals surface area contributed by atoms with Gasteiger partial charge in [0.2, 0.25) is 34.3 Å². The monoisotopic (exact) mass is 664 g/mol. The lowest BCUT2D eigenvalue weighted by atomic mass is 10.2. The molecule has 0 aliphatic rings. The van der Waals surface area contributed by atoms with Crippen LogP contribution in [0.4, 0.5) is 0 Å². The molecule has 0 radical (unpaired) electrons. The van der Waals surface area contributed by atoms with Gasteiger partial charge in [-0.05, 0) is 61.4 Å². The molecule has 4 heterocycles. The third kappa shape index (κ3) is 7.62. The Morgan fingerprint density at radius 2 is 0.766 bits per heavy atom. The minimum absolute atomic E-state index is 0.270. The molecule has 0 N–H and O–H groups in total. The molecule has 0 spiro atoms. The van der Waals surface area contributed by atoms with E-state index < -0.39 is 0 Å². The van der Waals surface area contributed by atoms with Gasteiger partial charge in [-0.25, -0.2) is 9.97 Å². The van der Waals surface area contributed by atoms with E-state index in [4.69, 9.17) is 26.5 Å². The molecule has 0 saturated heterocycles. The zero-order valence-corrected chi connectivity index (χ0v) is 26.7. The van der Waals surface area contributed by atoms with Crippen molar-refractivity contribution in [2.75, 3.05) is 12.5 Å².